The predicted octanol–water partition coefficient (Wildman–Crippen LogP) is 3.92. The Morgan fingerprint density at radius 3 is 2.57 bits per heavy atom. The summed E-state index contributed by atoms with van der Waals surface area (Å²) in [6.07, 6.45) is 6.37. The molecule has 4 rings (SSSR count). The molecular weight excluding hydrogens is 486 g/mol. The number of aliphatic imine (C=N–C) groups is 1. The zero-order chi connectivity index (χ0) is 26.7. The van der Waals surface area contributed by atoms with E-state index in [1.165, 1.54) is 30.2 Å². The van der Waals surface area contributed by atoms with Crippen molar-refractivity contribution in [3.8, 4) is 11.4 Å². The Bertz CT molecular complexity index is 1340. The molecule has 11 nitrogen and oxygen atoms in total. The molecule has 13 heteroatoms. The van der Waals surface area contributed by atoms with E-state index in [-0.39, 0.29) is 23.1 Å². The van der Waals surface area contributed by atoms with Crippen molar-refractivity contribution in [2.75, 3.05) is 17.7 Å². The smallest absolute Gasteiger partial charge is 0.413 e. The molecule has 1 fully saturated rings. The van der Waals surface area contributed by atoms with Crippen LogP contribution in [0.5, 0.6) is 0 Å². The number of amides is 2. The summed E-state index contributed by atoms with van der Waals surface area (Å²) < 4.78 is 33.9. The highest BCUT2D eigenvalue weighted by Gasteiger charge is 2.45. The van der Waals surface area contributed by atoms with Crippen LogP contribution in [0.1, 0.15) is 38.4 Å². The van der Waals surface area contributed by atoms with Crippen LogP contribution in [-0.2, 0) is 16.6 Å². The van der Waals surface area contributed by atoms with Crippen LogP contribution in [0, 0.1) is 23.1 Å². The average Bonchev–Trinajstić information content (AvgIpc) is 3.19. The maximum absolute atomic E-state index is 13.9. The van der Waals surface area contributed by atoms with Gasteiger partial charge in [0.15, 0.2) is 5.82 Å². The van der Waals surface area contributed by atoms with E-state index in [1.807, 2.05) is 13.1 Å². The molecule has 0 saturated heterocycles. The summed E-state index contributed by atoms with van der Waals surface area (Å²) in [6, 6.07) is 0.910. The predicted molar refractivity (Wildman–Crippen MR) is 131 cm³/mol. The monoisotopic (exact) mass is 512 g/mol. The summed E-state index contributed by atoms with van der Waals surface area (Å²) in [5, 5.41) is 9.49. The number of aryl methyl sites for hydroxylation is 1. The summed E-state index contributed by atoms with van der Waals surface area (Å²) in [5.41, 5.74) is 0.134. The summed E-state index contributed by atoms with van der Waals surface area (Å²) in [7, 11) is 3.30. The number of nitrogens with zero attached hydrogens (tertiary/aromatic N) is 6. The van der Waals surface area contributed by atoms with Gasteiger partial charge < -0.3 is 15.0 Å². The van der Waals surface area contributed by atoms with Crippen molar-refractivity contribution in [3.05, 3.63) is 48.2 Å². The van der Waals surface area contributed by atoms with Gasteiger partial charge in [-0.25, -0.2) is 24.1 Å². The molecule has 2 amide bonds. The first-order valence-electron chi connectivity index (χ1n) is 11.5. The molecule has 0 spiro atoms. The quantitative estimate of drug-likeness (QED) is 0.362. The molecule has 3 aromatic heterocycles. The number of pyridine rings is 1. The highest BCUT2D eigenvalue weighted by molar-refractivity contribution is 5.96. The molecular formula is C24H26F2N8O3. The number of nitrogens with one attached hydrogen (secondary N) is 2. The molecule has 0 aromatic carbocycles. The van der Waals surface area contributed by atoms with Gasteiger partial charge in [0.1, 0.15) is 17.7 Å². The fraction of sp³-hybridized carbons (Fsp3) is 0.375. The van der Waals surface area contributed by atoms with Crippen molar-refractivity contribution < 1.29 is 23.1 Å². The zero-order valence-electron chi connectivity index (χ0n) is 20.7. The van der Waals surface area contributed by atoms with Crippen LogP contribution in [0.4, 0.5) is 25.1 Å². The van der Waals surface area contributed by atoms with Crippen molar-refractivity contribution in [2.24, 2.45) is 23.4 Å². The van der Waals surface area contributed by atoms with E-state index in [0.29, 0.717) is 17.2 Å². The second kappa shape index (κ2) is 10.4. The second-order valence-corrected chi connectivity index (χ2v) is 9.12. The lowest BCUT2D eigenvalue weighted by atomic mass is 9.63. The van der Waals surface area contributed by atoms with Crippen LogP contribution in [0.3, 0.4) is 0 Å². The summed E-state index contributed by atoms with van der Waals surface area (Å²) >= 11 is 0. The largest absolute Gasteiger partial charge is 0.441 e. The van der Waals surface area contributed by atoms with E-state index < -0.39 is 29.4 Å². The van der Waals surface area contributed by atoms with Crippen molar-refractivity contribution in [1.29, 1.82) is 0 Å². The number of anilines is 2. The Hall–Kier alpha value is -4.29. The Morgan fingerprint density at radius 2 is 1.89 bits per heavy atom. The van der Waals surface area contributed by atoms with Crippen molar-refractivity contribution >= 4 is 29.7 Å². The summed E-state index contributed by atoms with van der Waals surface area (Å²) in [6.45, 7) is 3.30. The first kappa shape index (κ1) is 25.8. The molecule has 0 unspecified atom stereocenters. The van der Waals surface area contributed by atoms with E-state index in [4.69, 9.17) is 4.74 Å². The first-order chi connectivity index (χ1) is 17.6. The van der Waals surface area contributed by atoms with Gasteiger partial charge in [-0.2, -0.15) is 9.49 Å². The third-order valence-corrected chi connectivity index (χ3v) is 6.20. The SMILES string of the molecule is C/N=C\[C@H]1C[C@](C)(C(=O)Nc2cnc(-c3cnn(C)c3NC(=O)O[C@H](C)c3cc(F)cnc3F)nc2)C1. The Kier molecular flexibility index (Phi) is 7.23. The lowest BCUT2D eigenvalue weighted by Crippen LogP contribution is -2.45. The van der Waals surface area contributed by atoms with E-state index in [1.54, 1.807) is 14.1 Å². The molecule has 1 saturated carbocycles. The first-order valence-corrected chi connectivity index (χ1v) is 11.5. The minimum absolute atomic E-state index is 0.116. The molecule has 0 radical (unpaired) electrons. The van der Waals surface area contributed by atoms with Crippen molar-refractivity contribution in [1.82, 2.24) is 24.7 Å². The second-order valence-electron chi connectivity index (χ2n) is 9.12. The number of carbonyl (C=O) groups excluding carboxylic acids is 2. The number of carbonyl (C=O) groups is 2. The van der Waals surface area contributed by atoms with E-state index >= 15 is 0 Å². The average molecular weight is 513 g/mol. The number of hydrogen-bond acceptors (Lipinski definition) is 8. The van der Waals surface area contributed by atoms with Gasteiger partial charge in [0, 0.05) is 25.7 Å². The third-order valence-electron chi connectivity index (χ3n) is 6.20. The van der Waals surface area contributed by atoms with E-state index in [2.05, 4.69) is 35.7 Å². The number of rotatable bonds is 7. The Morgan fingerprint density at radius 1 is 1.19 bits per heavy atom. The van der Waals surface area contributed by atoms with Gasteiger partial charge in [-0.05, 0) is 31.7 Å². The normalized spacial score (nSPS) is 19.8. The minimum atomic E-state index is -1.11. The maximum Gasteiger partial charge on any atom is 0.413 e. The molecule has 3 heterocycles. The van der Waals surface area contributed by atoms with Gasteiger partial charge in [-0.15, -0.1) is 0 Å². The fourth-order valence-corrected chi connectivity index (χ4v) is 4.24. The van der Waals surface area contributed by atoms with Gasteiger partial charge in [-0.1, -0.05) is 6.92 Å². The number of aromatic nitrogens is 5. The number of ether oxygens (including phenoxy) is 1. The third kappa shape index (κ3) is 5.60. The van der Waals surface area contributed by atoms with Crippen LogP contribution in [-0.4, -0.2) is 50.0 Å². The maximum atomic E-state index is 13.9. The van der Waals surface area contributed by atoms with Gasteiger partial charge in [-0.3, -0.25) is 14.8 Å². The molecule has 3 aromatic rings. The highest BCUT2D eigenvalue weighted by Crippen LogP contribution is 2.45. The topological polar surface area (TPSA) is 136 Å². The zero-order valence-corrected chi connectivity index (χ0v) is 20.7. The standard InChI is InChI=1S/C24H26F2N8O3/c1-13(17-5-15(25)9-28-19(17)26)37-23(36)33-21-18(12-31-34(21)4)20-29-10-16(11-30-20)32-22(35)24(2)6-14(7-24)8-27-3/h5,8-14H,6-7H2,1-4H3,(H,32,35)(H,33,36)/b27-8-/t13-,14-,24-/m1/s1. The van der Waals surface area contributed by atoms with Crippen LogP contribution in [0.15, 0.2) is 35.8 Å². The molecule has 37 heavy (non-hydrogen) atoms. The summed E-state index contributed by atoms with van der Waals surface area (Å²) in [4.78, 5) is 41.1. The molecule has 1 aliphatic rings. The molecule has 0 aliphatic heterocycles. The van der Waals surface area contributed by atoms with Gasteiger partial charge in [0.25, 0.3) is 0 Å². The van der Waals surface area contributed by atoms with Crippen molar-refractivity contribution in [3.63, 3.8) is 0 Å². The lowest BCUT2D eigenvalue weighted by Gasteiger charge is -2.41. The van der Waals surface area contributed by atoms with Crippen molar-refractivity contribution in [2.45, 2.75) is 32.8 Å². The Balaban J connectivity index is 1.41. The van der Waals surface area contributed by atoms with E-state index in [0.717, 1.165) is 25.1 Å². The lowest BCUT2D eigenvalue weighted by molar-refractivity contribution is -0.130. The molecule has 2 N–H and O–H groups in total. The van der Waals surface area contributed by atoms with Crippen LogP contribution < -0.4 is 10.6 Å². The molecule has 194 valence electrons. The molecule has 1 aliphatic carbocycles. The summed E-state index contributed by atoms with van der Waals surface area (Å²) in [5.74, 6) is -1.05. The number of halogens is 2. The van der Waals surface area contributed by atoms with E-state index in [9.17, 15) is 18.4 Å². The van der Waals surface area contributed by atoms with Gasteiger partial charge >= 0.3 is 6.09 Å². The minimum Gasteiger partial charge on any atom is -0.441 e. The fourth-order valence-electron chi connectivity index (χ4n) is 4.24. The van der Waals surface area contributed by atoms with Crippen LogP contribution >= 0.6 is 0 Å². The molecule has 1 atom stereocenters. The van der Waals surface area contributed by atoms with Crippen LogP contribution in [0.25, 0.3) is 11.4 Å². The van der Waals surface area contributed by atoms with Gasteiger partial charge in [0.05, 0.1) is 41.6 Å². The molecule has 0 bridgehead atoms. The number of hydrogen-bond donors (Lipinski definition) is 2. The van der Waals surface area contributed by atoms with Crippen LogP contribution in [0.2, 0.25) is 0 Å². The Labute approximate surface area is 211 Å². The highest BCUT2D eigenvalue weighted by atomic mass is 19.1. The van der Waals surface area contributed by atoms with Gasteiger partial charge in [0.2, 0.25) is 11.9 Å².